The lowest BCUT2D eigenvalue weighted by Crippen LogP contribution is -2.30. The van der Waals surface area contributed by atoms with Crippen LogP contribution in [0.3, 0.4) is 0 Å². The Labute approximate surface area is 130 Å². The van der Waals surface area contributed by atoms with E-state index in [4.69, 9.17) is 10.5 Å². The van der Waals surface area contributed by atoms with E-state index < -0.39 is 6.10 Å². The molecule has 22 heavy (non-hydrogen) atoms. The molecule has 2 aromatic carbocycles. The number of carbonyl (C=O) groups is 1. The maximum Gasteiger partial charge on any atom is 0.265 e. The summed E-state index contributed by atoms with van der Waals surface area (Å²) in [6, 6.07) is 16.8. The molecule has 0 saturated heterocycles. The van der Waals surface area contributed by atoms with Crippen LogP contribution in [0.1, 0.15) is 6.92 Å². The van der Waals surface area contributed by atoms with Crippen LogP contribution in [0.2, 0.25) is 0 Å². The number of hydrogen-bond acceptors (Lipinski definition) is 4. The largest absolute Gasteiger partial charge is 0.481 e. The van der Waals surface area contributed by atoms with Crippen molar-refractivity contribution in [3.63, 3.8) is 0 Å². The van der Waals surface area contributed by atoms with Gasteiger partial charge >= 0.3 is 0 Å². The molecule has 0 radical (unpaired) electrons. The summed E-state index contributed by atoms with van der Waals surface area (Å²) < 4.78 is 5.69. The van der Waals surface area contributed by atoms with Gasteiger partial charge in [0.2, 0.25) is 0 Å². The fourth-order valence-corrected chi connectivity index (χ4v) is 1.92. The van der Waals surface area contributed by atoms with Gasteiger partial charge in [-0.3, -0.25) is 4.79 Å². The van der Waals surface area contributed by atoms with E-state index in [1.165, 1.54) is 0 Å². The van der Waals surface area contributed by atoms with Gasteiger partial charge in [-0.1, -0.05) is 24.3 Å². The topological polar surface area (TPSA) is 76.4 Å². The average Bonchev–Trinajstić information content (AvgIpc) is 2.54. The summed E-state index contributed by atoms with van der Waals surface area (Å²) in [5, 5.41) is 5.99. The van der Waals surface area contributed by atoms with Crippen molar-refractivity contribution in [1.82, 2.24) is 0 Å². The lowest BCUT2D eigenvalue weighted by atomic mass is 10.2. The van der Waals surface area contributed by atoms with E-state index in [0.717, 1.165) is 11.4 Å². The van der Waals surface area contributed by atoms with Crippen molar-refractivity contribution in [1.29, 1.82) is 0 Å². The SMILES string of the molecule is CC(Oc1cccc(NCCN)c1)C(=O)Nc1ccccc1. The molecule has 0 fully saturated rings. The Bertz CT molecular complexity index is 602. The molecular formula is C17H21N3O2. The Morgan fingerprint density at radius 2 is 1.86 bits per heavy atom. The van der Waals surface area contributed by atoms with E-state index in [1.807, 2.05) is 54.6 Å². The zero-order valence-electron chi connectivity index (χ0n) is 12.6. The van der Waals surface area contributed by atoms with E-state index in [9.17, 15) is 4.79 Å². The fourth-order valence-electron chi connectivity index (χ4n) is 1.92. The van der Waals surface area contributed by atoms with Gasteiger partial charge < -0.3 is 21.1 Å². The quantitative estimate of drug-likeness (QED) is 0.734. The Kier molecular flexibility index (Phi) is 5.80. The van der Waals surface area contributed by atoms with Crippen LogP contribution >= 0.6 is 0 Å². The van der Waals surface area contributed by atoms with Gasteiger partial charge in [-0.25, -0.2) is 0 Å². The zero-order chi connectivity index (χ0) is 15.8. The maximum atomic E-state index is 12.1. The number of nitrogens with one attached hydrogen (secondary N) is 2. The summed E-state index contributed by atoms with van der Waals surface area (Å²) in [7, 11) is 0. The Balaban J connectivity index is 1.93. The number of ether oxygens (including phenoxy) is 1. The summed E-state index contributed by atoms with van der Waals surface area (Å²) >= 11 is 0. The molecule has 5 heteroatoms. The molecule has 0 saturated carbocycles. The van der Waals surface area contributed by atoms with Gasteiger partial charge in [0.25, 0.3) is 5.91 Å². The number of rotatable bonds is 7. The third-order valence-corrected chi connectivity index (χ3v) is 3.03. The second-order valence-corrected chi connectivity index (χ2v) is 4.86. The molecule has 1 unspecified atom stereocenters. The molecule has 4 N–H and O–H groups in total. The van der Waals surface area contributed by atoms with Gasteiger partial charge in [-0.2, -0.15) is 0 Å². The first-order chi connectivity index (χ1) is 10.7. The summed E-state index contributed by atoms with van der Waals surface area (Å²) in [6.07, 6.45) is -0.593. The van der Waals surface area contributed by atoms with Crippen molar-refractivity contribution in [2.24, 2.45) is 5.73 Å². The van der Waals surface area contributed by atoms with Gasteiger partial charge in [0.15, 0.2) is 6.10 Å². The molecule has 0 aliphatic heterocycles. The molecule has 0 spiro atoms. The number of hydrogen-bond donors (Lipinski definition) is 3. The van der Waals surface area contributed by atoms with E-state index in [1.54, 1.807) is 6.92 Å². The normalized spacial score (nSPS) is 11.5. The third kappa shape index (κ3) is 4.79. The number of nitrogens with two attached hydrogens (primary N) is 1. The van der Waals surface area contributed by atoms with Crippen LogP contribution < -0.4 is 21.1 Å². The first kappa shape index (κ1) is 15.9. The molecule has 0 aromatic heterocycles. The highest BCUT2D eigenvalue weighted by Gasteiger charge is 2.14. The third-order valence-electron chi connectivity index (χ3n) is 3.03. The fraction of sp³-hybridized carbons (Fsp3) is 0.235. The van der Waals surface area contributed by atoms with E-state index >= 15 is 0 Å². The molecule has 116 valence electrons. The monoisotopic (exact) mass is 299 g/mol. The van der Waals surface area contributed by atoms with Gasteiger partial charge in [0, 0.05) is 30.5 Å². The number of carbonyl (C=O) groups excluding carboxylic acids is 1. The molecule has 2 rings (SSSR count). The van der Waals surface area contributed by atoms with Crippen LogP contribution in [0.4, 0.5) is 11.4 Å². The highest BCUT2D eigenvalue weighted by Crippen LogP contribution is 2.19. The van der Waals surface area contributed by atoms with Crippen LogP contribution in [0, 0.1) is 0 Å². The maximum absolute atomic E-state index is 12.1. The van der Waals surface area contributed by atoms with Crippen LogP contribution in [0.15, 0.2) is 54.6 Å². The van der Waals surface area contributed by atoms with E-state index in [-0.39, 0.29) is 5.91 Å². The van der Waals surface area contributed by atoms with Crippen molar-refractivity contribution in [2.75, 3.05) is 23.7 Å². The van der Waals surface area contributed by atoms with Gasteiger partial charge in [-0.15, -0.1) is 0 Å². The predicted octanol–water partition coefficient (Wildman–Crippen LogP) is 2.46. The first-order valence-electron chi connectivity index (χ1n) is 7.25. The Morgan fingerprint density at radius 3 is 2.59 bits per heavy atom. The molecule has 0 heterocycles. The molecule has 0 aliphatic carbocycles. The van der Waals surface area contributed by atoms with Crippen LogP contribution in [-0.4, -0.2) is 25.1 Å². The van der Waals surface area contributed by atoms with Crippen molar-refractivity contribution in [3.05, 3.63) is 54.6 Å². The molecule has 0 aliphatic rings. The number of benzene rings is 2. The zero-order valence-corrected chi connectivity index (χ0v) is 12.6. The molecule has 1 amide bonds. The van der Waals surface area contributed by atoms with Crippen molar-refractivity contribution >= 4 is 17.3 Å². The highest BCUT2D eigenvalue weighted by atomic mass is 16.5. The minimum Gasteiger partial charge on any atom is -0.481 e. The molecule has 1 atom stereocenters. The molecule has 5 nitrogen and oxygen atoms in total. The second kappa shape index (κ2) is 8.05. The Hall–Kier alpha value is -2.53. The molecule has 2 aromatic rings. The standard InChI is InChI=1S/C17H21N3O2/c1-13(17(21)20-14-6-3-2-4-7-14)22-16-9-5-8-15(12-16)19-11-10-18/h2-9,12-13,19H,10-11,18H2,1H3,(H,20,21). The van der Waals surface area contributed by atoms with E-state index in [0.29, 0.717) is 18.8 Å². The molecular weight excluding hydrogens is 278 g/mol. The predicted molar refractivity (Wildman–Crippen MR) is 89.1 cm³/mol. The minimum absolute atomic E-state index is 0.188. The summed E-state index contributed by atoms with van der Waals surface area (Å²) in [6.45, 7) is 2.97. The lowest BCUT2D eigenvalue weighted by Gasteiger charge is -2.15. The highest BCUT2D eigenvalue weighted by molar-refractivity contribution is 5.94. The Morgan fingerprint density at radius 1 is 1.14 bits per heavy atom. The number of anilines is 2. The molecule has 0 bridgehead atoms. The van der Waals surface area contributed by atoms with Gasteiger partial charge in [0.05, 0.1) is 0 Å². The van der Waals surface area contributed by atoms with Crippen molar-refractivity contribution in [2.45, 2.75) is 13.0 Å². The summed E-state index contributed by atoms with van der Waals surface area (Å²) in [4.78, 5) is 12.1. The van der Waals surface area contributed by atoms with Crippen molar-refractivity contribution < 1.29 is 9.53 Å². The average molecular weight is 299 g/mol. The van der Waals surface area contributed by atoms with Crippen LogP contribution in [0.5, 0.6) is 5.75 Å². The summed E-state index contributed by atoms with van der Waals surface area (Å²) in [5.41, 5.74) is 7.13. The van der Waals surface area contributed by atoms with Crippen LogP contribution in [0.25, 0.3) is 0 Å². The number of para-hydroxylation sites is 1. The minimum atomic E-state index is -0.593. The van der Waals surface area contributed by atoms with Gasteiger partial charge in [-0.05, 0) is 31.2 Å². The van der Waals surface area contributed by atoms with Crippen LogP contribution in [-0.2, 0) is 4.79 Å². The number of amides is 1. The second-order valence-electron chi connectivity index (χ2n) is 4.86. The smallest absolute Gasteiger partial charge is 0.265 e. The van der Waals surface area contributed by atoms with Gasteiger partial charge in [0.1, 0.15) is 5.75 Å². The summed E-state index contributed by atoms with van der Waals surface area (Å²) in [5.74, 6) is 0.448. The van der Waals surface area contributed by atoms with E-state index in [2.05, 4.69) is 10.6 Å². The lowest BCUT2D eigenvalue weighted by molar-refractivity contribution is -0.122. The first-order valence-corrected chi connectivity index (χ1v) is 7.25. The van der Waals surface area contributed by atoms with Crippen molar-refractivity contribution in [3.8, 4) is 5.75 Å².